The summed E-state index contributed by atoms with van der Waals surface area (Å²) in [5, 5.41) is 14.0. The molecule has 1 saturated carbocycles. The second-order valence-corrected chi connectivity index (χ2v) is 9.55. The van der Waals surface area contributed by atoms with Crippen LogP contribution in [-0.2, 0) is 13.0 Å². The molecule has 1 atom stereocenters. The van der Waals surface area contributed by atoms with Gasteiger partial charge in [-0.3, -0.25) is 9.69 Å². The fourth-order valence-corrected chi connectivity index (χ4v) is 5.69. The predicted molar refractivity (Wildman–Crippen MR) is 133 cm³/mol. The molecule has 180 valence electrons. The highest BCUT2D eigenvalue weighted by Gasteiger charge is 2.34. The maximum Gasteiger partial charge on any atom is 0.253 e. The number of benzene rings is 2. The van der Waals surface area contributed by atoms with Crippen LogP contribution in [0.5, 0.6) is 5.75 Å². The van der Waals surface area contributed by atoms with Crippen molar-refractivity contribution in [1.29, 1.82) is 0 Å². The van der Waals surface area contributed by atoms with E-state index in [-0.39, 0.29) is 17.6 Å². The van der Waals surface area contributed by atoms with Crippen molar-refractivity contribution in [3.8, 4) is 5.75 Å². The number of aromatic amines is 1. The third-order valence-electron chi connectivity index (χ3n) is 7.41. The van der Waals surface area contributed by atoms with E-state index in [4.69, 9.17) is 4.74 Å². The number of nitrogens with one attached hydrogen (secondary N) is 1. The Morgan fingerprint density at radius 3 is 2.77 bits per heavy atom. The van der Waals surface area contributed by atoms with E-state index in [0.29, 0.717) is 12.2 Å². The molecule has 1 aliphatic heterocycles. The molecule has 35 heavy (non-hydrogen) atoms. The van der Waals surface area contributed by atoms with Gasteiger partial charge in [0.2, 0.25) is 0 Å². The van der Waals surface area contributed by atoms with E-state index < -0.39 is 0 Å². The Balaban J connectivity index is 1.49. The zero-order chi connectivity index (χ0) is 23.8. The van der Waals surface area contributed by atoms with Crippen molar-refractivity contribution in [2.24, 2.45) is 0 Å². The first-order valence-corrected chi connectivity index (χ1v) is 12.6. The van der Waals surface area contributed by atoms with Gasteiger partial charge in [-0.1, -0.05) is 37.1 Å². The highest BCUT2D eigenvalue weighted by Crippen LogP contribution is 2.36. The van der Waals surface area contributed by atoms with Crippen molar-refractivity contribution in [3.63, 3.8) is 0 Å². The van der Waals surface area contributed by atoms with Crippen LogP contribution in [0, 0.1) is 0 Å². The van der Waals surface area contributed by atoms with Gasteiger partial charge in [0.25, 0.3) is 5.56 Å². The van der Waals surface area contributed by atoms with Gasteiger partial charge in [-0.2, -0.15) is 0 Å². The molecule has 1 unspecified atom stereocenters. The topological polar surface area (TPSA) is 88.9 Å². The van der Waals surface area contributed by atoms with Gasteiger partial charge in [-0.25, -0.2) is 4.68 Å². The maximum atomic E-state index is 13.5. The number of hydrogen-bond donors (Lipinski definition) is 1. The molecule has 2 aromatic heterocycles. The van der Waals surface area contributed by atoms with Crippen LogP contribution in [-0.4, -0.2) is 43.2 Å². The van der Waals surface area contributed by atoms with Gasteiger partial charge < -0.3 is 9.72 Å². The lowest BCUT2D eigenvalue weighted by molar-refractivity contribution is 0.190. The fourth-order valence-electron chi connectivity index (χ4n) is 5.69. The Kier molecular flexibility index (Phi) is 5.82. The maximum absolute atomic E-state index is 13.5. The summed E-state index contributed by atoms with van der Waals surface area (Å²) >= 11 is 0. The first-order valence-electron chi connectivity index (χ1n) is 12.6. The third-order valence-corrected chi connectivity index (χ3v) is 7.41. The van der Waals surface area contributed by atoms with Gasteiger partial charge in [0.05, 0.1) is 12.6 Å². The standard InChI is InChI=1S/C27H30N6O2/c1-2-35-22-11-12-24-20(15-22)16-23(27(34)28-24)25(26-29-30-31-33(26)21-9-5-6-10-21)32-14-13-18-7-3-4-8-19(18)17-32/h3-4,7-8,11-12,15-16,21,25H,2,5-6,9-10,13-14,17H2,1H3,(H,28,34). The summed E-state index contributed by atoms with van der Waals surface area (Å²) in [5.41, 5.74) is 4.01. The molecule has 8 heteroatoms. The Hall–Kier alpha value is -3.52. The summed E-state index contributed by atoms with van der Waals surface area (Å²) < 4.78 is 7.70. The van der Waals surface area contributed by atoms with E-state index in [1.165, 1.54) is 24.0 Å². The summed E-state index contributed by atoms with van der Waals surface area (Å²) in [5.74, 6) is 1.54. The van der Waals surface area contributed by atoms with Crippen LogP contribution in [0.4, 0.5) is 0 Å². The lowest BCUT2D eigenvalue weighted by Crippen LogP contribution is -2.39. The number of fused-ring (bicyclic) bond motifs is 2. The summed E-state index contributed by atoms with van der Waals surface area (Å²) in [6.45, 7) is 4.13. The average molecular weight is 471 g/mol. The molecule has 0 spiro atoms. The quantitative estimate of drug-likeness (QED) is 0.455. The first-order chi connectivity index (χ1) is 17.2. The Labute approximate surface area is 203 Å². The van der Waals surface area contributed by atoms with E-state index in [9.17, 15) is 4.79 Å². The van der Waals surface area contributed by atoms with E-state index in [1.54, 1.807) is 0 Å². The van der Waals surface area contributed by atoms with Gasteiger partial charge >= 0.3 is 0 Å². The van der Waals surface area contributed by atoms with E-state index in [0.717, 1.165) is 54.8 Å². The molecule has 1 N–H and O–H groups in total. The molecule has 0 amide bonds. The Bertz CT molecular complexity index is 1400. The Morgan fingerprint density at radius 1 is 1.11 bits per heavy atom. The minimum atomic E-state index is -0.345. The summed E-state index contributed by atoms with van der Waals surface area (Å²) in [4.78, 5) is 19.0. The second-order valence-electron chi connectivity index (χ2n) is 9.55. The molecule has 6 rings (SSSR count). The number of ether oxygens (including phenoxy) is 1. The summed E-state index contributed by atoms with van der Waals surface area (Å²) in [7, 11) is 0. The minimum Gasteiger partial charge on any atom is -0.494 e. The van der Waals surface area contributed by atoms with Crippen molar-refractivity contribution in [1.82, 2.24) is 30.1 Å². The zero-order valence-electron chi connectivity index (χ0n) is 20.0. The molecule has 4 aromatic rings. The lowest BCUT2D eigenvalue weighted by atomic mass is 9.95. The highest BCUT2D eigenvalue weighted by molar-refractivity contribution is 5.80. The van der Waals surface area contributed by atoms with Crippen LogP contribution < -0.4 is 10.3 Å². The Morgan fingerprint density at radius 2 is 1.94 bits per heavy atom. The van der Waals surface area contributed by atoms with Crippen LogP contribution in [0.2, 0.25) is 0 Å². The largest absolute Gasteiger partial charge is 0.494 e. The number of aromatic nitrogens is 5. The predicted octanol–water partition coefficient (Wildman–Crippen LogP) is 4.18. The molecular weight excluding hydrogens is 440 g/mol. The fraction of sp³-hybridized carbons (Fsp3) is 0.407. The van der Waals surface area contributed by atoms with Gasteiger partial charge in [0.15, 0.2) is 5.82 Å². The molecule has 2 aromatic carbocycles. The monoisotopic (exact) mass is 470 g/mol. The smallest absolute Gasteiger partial charge is 0.253 e. The van der Waals surface area contributed by atoms with Crippen LogP contribution in [0.3, 0.4) is 0 Å². The molecular formula is C27H30N6O2. The number of rotatable bonds is 6. The van der Waals surface area contributed by atoms with Crippen molar-refractivity contribution in [2.75, 3.05) is 13.2 Å². The molecule has 2 aliphatic rings. The lowest BCUT2D eigenvalue weighted by Gasteiger charge is -2.35. The molecule has 1 fully saturated rings. The molecule has 0 radical (unpaired) electrons. The van der Waals surface area contributed by atoms with Crippen LogP contribution in [0.15, 0.2) is 53.3 Å². The van der Waals surface area contributed by atoms with Crippen LogP contribution >= 0.6 is 0 Å². The van der Waals surface area contributed by atoms with Gasteiger partial charge in [0.1, 0.15) is 11.8 Å². The van der Waals surface area contributed by atoms with Crippen molar-refractivity contribution < 1.29 is 4.74 Å². The first kappa shape index (κ1) is 22.0. The number of hydrogen-bond acceptors (Lipinski definition) is 6. The SMILES string of the molecule is CCOc1ccc2[nH]c(=O)c(C(c3nnnn3C3CCCC3)N3CCc4ccccc4C3)cc2c1. The third kappa shape index (κ3) is 4.12. The van der Waals surface area contributed by atoms with Crippen LogP contribution in [0.1, 0.15) is 67.2 Å². The number of tetrazole rings is 1. The molecule has 3 heterocycles. The molecule has 0 saturated heterocycles. The van der Waals surface area contributed by atoms with E-state index >= 15 is 0 Å². The molecule has 1 aliphatic carbocycles. The summed E-state index contributed by atoms with van der Waals surface area (Å²) in [6.07, 6.45) is 5.43. The van der Waals surface area contributed by atoms with Crippen molar-refractivity contribution in [2.45, 2.75) is 57.7 Å². The molecule has 8 nitrogen and oxygen atoms in total. The van der Waals surface area contributed by atoms with Crippen molar-refractivity contribution in [3.05, 3.63) is 81.4 Å². The van der Waals surface area contributed by atoms with E-state index in [1.807, 2.05) is 35.9 Å². The number of pyridine rings is 1. The summed E-state index contributed by atoms with van der Waals surface area (Å²) in [6, 6.07) is 16.3. The second kappa shape index (κ2) is 9.26. The minimum absolute atomic E-state index is 0.105. The zero-order valence-corrected chi connectivity index (χ0v) is 20.0. The number of H-pyrrole nitrogens is 1. The highest BCUT2D eigenvalue weighted by atomic mass is 16.5. The number of nitrogens with zero attached hydrogens (tertiary/aromatic N) is 5. The van der Waals surface area contributed by atoms with Gasteiger partial charge in [-0.15, -0.1) is 5.10 Å². The van der Waals surface area contributed by atoms with Gasteiger partial charge in [0, 0.05) is 29.6 Å². The van der Waals surface area contributed by atoms with E-state index in [2.05, 4.69) is 49.7 Å². The van der Waals surface area contributed by atoms with Crippen LogP contribution in [0.25, 0.3) is 10.9 Å². The van der Waals surface area contributed by atoms with Gasteiger partial charge in [-0.05, 0) is 72.0 Å². The average Bonchev–Trinajstić information content (AvgIpc) is 3.57. The van der Waals surface area contributed by atoms with Crippen molar-refractivity contribution >= 4 is 10.9 Å². The molecule has 0 bridgehead atoms. The normalized spacial score (nSPS) is 17.5.